The average Bonchev–Trinajstić information content (AvgIpc) is 3.41. The Hall–Kier alpha value is -3.89. The van der Waals surface area contributed by atoms with Gasteiger partial charge in [-0.2, -0.15) is 4.98 Å². The molecule has 0 bridgehead atoms. The van der Waals surface area contributed by atoms with E-state index in [1.165, 1.54) is 0 Å². The lowest BCUT2D eigenvalue weighted by Gasteiger charge is -2.34. The summed E-state index contributed by atoms with van der Waals surface area (Å²) in [6.07, 6.45) is 5.27. The maximum absolute atomic E-state index is 13.3. The molecule has 0 radical (unpaired) electrons. The number of aryl methyl sites for hydroxylation is 2. The lowest BCUT2D eigenvalue weighted by Crippen LogP contribution is -2.44. The lowest BCUT2D eigenvalue weighted by atomic mass is 10.0. The first kappa shape index (κ1) is 26.3. The van der Waals surface area contributed by atoms with Gasteiger partial charge in [0.05, 0.1) is 24.0 Å². The number of carbonyl (C=O) groups is 1. The van der Waals surface area contributed by atoms with E-state index in [-0.39, 0.29) is 5.91 Å². The van der Waals surface area contributed by atoms with Gasteiger partial charge in [0, 0.05) is 66.1 Å². The number of hydrogen-bond acceptors (Lipinski definition) is 7. The zero-order chi connectivity index (χ0) is 27.8. The highest BCUT2D eigenvalue weighted by atomic mass is 79.9. The number of ether oxygens (including phenoxy) is 1. The maximum Gasteiger partial charge on any atom is 0.257 e. The number of methoxy groups -OCH3 is 1. The molecule has 0 aliphatic carbocycles. The molecule has 0 spiro atoms. The normalized spacial score (nSPS) is 14.8. The molecule has 2 aliphatic heterocycles. The molecule has 9 nitrogen and oxygen atoms in total. The molecule has 2 aromatic heterocycles. The fourth-order valence-electron chi connectivity index (χ4n) is 5.36. The van der Waals surface area contributed by atoms with Gasteiger partial charge in [-0.25, -0.2) is 4.98 Å². The number of anilines is 4. The molecule has 10 heteroatoms. The first-order valence-corrected chi connectivity index (χ1v) is 14.2. The van der Waals surface area contributed by atoms with Crippen molar-refractivity contribution in [2.24, 2.45) is 0 Å². The molecular formula is C30H32BrN7O2. The van der Waals surface area contributed by atoms with Crippen LogP contribution in [0.4, 0.5) is 23.0 Å². The number of para-hydroxylation sites is 1. The zero-order valence-electron chi connectivity index (χ0n) is 22.9. The van der Waals surface area contributed by atoms with Crippen molar-refractivity contribution in [2.75, 3.05) is 55.9 Å². The van der Waals surface area contributed by atoms with E-state index in [9.17, 15) is 4.79 Å². The number of likely N-dealkylation sites (N-methyl/N-ethyl adjacent to an activating group) is 1. The van der Waals surface area contributed by atoms with Crippen LogP contribution in [0.2, 0.25) is 0 Å². The van der Waals surface area contributed by atoms with Crippen LogP contribution in [0.1, 0.15) is 27.2 Å². The number of piperazine rings is 1. The summed E-state index contributed by atoms with van der Waals surface area (Å²) in [5.41, 5.74) is 6.35. The number of carbonyl (C=O) groups excluding carboxylic acids is 1. The Morgan fingerprint density at radius 2 is 1.90 bits per heavy atom. The summed E-state index contributed by atoms with van der Waals surface area (Å²) < 4.78 is 8.58. The Morgan fingerprint density at radius 3 is 2.67 bits per heavy atom. The summed E-state index contributed by atoms with van der Waals surface area (Å²) in [5.74, 6) is 1.86. The molecule has 1 fully saturated rings. The first-order chi connectivity index (χ1) is 19.4. The van der Waals surface area contributed by atoms with Crippen molar-refractivity contribution in [2.45, 2.75) is 19.8 Å². The Balaban J connectivity index is 1.24. The average molecular weight is 603 g/mol. The number of nitrogens with zero attached hydrogens (tertiary/aromatic N) is 5. The number of fused-ring (bicyclic) bond motifs is 3. The van der Waals surface area contributed by atoms with Crippen LogP contribution in [-0.2, 0) is 12.8 Å². The van der Waals surface area contributed by atoms with Crippen molar-refractivity contribution in [1.29, 1.82) is 0 Å². The third-order valence-corrected chi connectivity index (χ3v) is 8.36. The van der Waals surface area contributed by atoms with E-state index >= 15 is 0 Å². The Morgan fingerprint density at radius 1 is 1.07 bits per heavy atom. The van der Waals surface area contributed by atoms with Crippen LogP contribution in [0.15, 0.2) is 59.3 Å². The number of hydrogen-bond donors (Lipinski definition) is 2. The fraction of sp³-hybridized carbons (Fsp3) is 0.300. The van der Waals surface area contributed by atoms with Gasteiger partial charge in [-0.05, 0) is 72.6 Å². The van der Waals surface area contributed by atoms with Crippen molar-refractivity contribution in [3.8, 4) is 11.6 Å². The summed E-state index contributed by atoms with van der Waals surface area (Å²) in [5, 5.41) is 6.42. The molecule has 0 atom stereocenters. The van der Waals surface area contributed by atoms with Gasteiger partial charge in [-0.15, -0.1) is 0 Å². The van der Waals surface area contributed by atoms with Crippen LogP contribution < -0.4 is 20.3 Å². The molecule has 2 N–H and O–H groups in total. The molecule has 206 valence electrons. The molecule has 1 saturated heterocycles. The van der Waals surface area contributed by atoms with E-state index in [4.69, 9.17) is 9.72 Å². The molecule has 1 amide bonds. The van der Waals surface area contributed by atoms with E-state index in [1.807, 2.05) is 54.2 Å². The van der Waals surface area contributed by atoms with E-state index in [2.05, 4.69) is 60.5 Å². The third kappa shape index (κ3) is 5.04. The van der Waals surface area contributed by atoms with E-state index in [0.717, 1.165) is 88.9 Å². The van der Waals surface area contributed by atoms with Gasteiger partial charge in [-0.3, -0.25) is 4.79 Å². The number of rotatable bonds is 6. The molecule has 4 heterocycles. The van der Waals surface area contributed by atoms with E-state index < -0.39 is 0 Å². The standard InChI is InChI=1S/C30H32BrN7O2/c1-19-5-4-6-23(31)27(19)34-29(39)22-11-12-38-25(22)10-7-20-18-32-30(35-28(20)38)33-24-9-8-21(17-26(24)40-3)37-15-13-36(2)14-16-37/h4-6,8-9,11-12,17-18H,7,10,13-16H2,1-3H3,(H,34,39)(H,32,33,35). The van der Waals surface area contributed by atoms with Crippen molar-refractivity contribution in [3.63, 3.8) is 0 Å². The Labute approximate surface area is 242 Å². The smallest absolute Gasteiger partial charge is 0.257 e. The molecule has 2 aliphatic rings. The van der Waals surface area contributed by atoms with Crippen LogP contribution >= 0.6 is 15.9 Å². The highest BCUT2D eigenvalue weighted by Gasteiger charge is 2.25. The number of benzene rings is 2. The summed E-state index contributed by atoms with van der Waals surface area (Å²) in [4.78, 5) is 27.4. The van der Waals surface area contributed by atoms with E-state index in [1.54, 1.807) is 7.11 Å². The second-order valence-electron chi connectivity index (χ2n) is 10.3. The van der Waals surface area contributed by atoms with Crippen molar-refractivity contribution in [3.05, 3.63) is 81.7 Å². The van der Waals surface area contributed by atoms with Crippen LogP contribution in [0.25, 0.3) is 5.82 Å². The van der Waals surface area contributed by atoms with Gasteiger partial charge in [-0.1, -0.05) is 12.1 Å². The highest BCUT2D eigenvalue weighted by Crippen LogP contribution is 2.33. The summed E-state index contributed by atoms with van der Waals surface area (Å²) in [6, 6.07) is 13.9. The van der Waals surface area contributed by atoms with Gasteiger partial charge in [0.15, 0.2) is 0 Å². The second-order valence-corrected chi connectivity index (χ2v) is 11.1. The van der Waals surface area contributed by atoms with Crippen molar-refractivity contribution >= 4 is 44.8 Å². The molecule has 4 aromatic rings. The van der Waals surface area contributed by atoms with Gasteiger partial charge >= 0.3 is 0 Å². The Bertz CT molecular complexity index is 1560. The van der Waals surface area contributed by atoms with Crippen LogP contribution in [-0.4, -0.2) is 65.7 Å². The summed E-state index contributed by atoms with van der Waals surface area (Å²) >= 11 is 3.55. The van der Waals surface area contributed by atoms with Gasteiger partial charge in [0.2, 0.25) is 5.95 Å². The second kappa shape index (κ2) is 10.9. The molecule has 0 unspecified atom stereocenters. The molecule has 40 heavy (non-hydrogen) atoms. The molecule has 6 rings (SSSR count). The fourth-order valence-corrected chi connectivity index (χ4v) is 5.92. The van der Waals surface area contributed by atoms with Crippen molar-refractivity contribution in [1.82, 2.24) is 19.4 Å². The van der Waals surface area contributed by atoms with Gasteiger partial charge in [0.25, 0.3) is 5.91 Å². The lowest BCUT2D eigenvalue weighted by molar-refractivity contribution is 0.102. The monoisotopic (exact) mass is 601 g/mol. The highest BCUT2D eigenvalue weighted by molar-refractivity contribution is 9.10. The maximum atomic E-state index is 13.3. The van der Waals surface area contributed by atoms with E-state index in [0.29, 0.717) is 11.5 Å². The largest absolute Gasteiger partial charge is 0.494 e. The SMILES string of the molecule is COc1cc(N2CCN(C)CC2)ccc1Nc1ncc2c(n1)-n1ccc(C(=O)Nc3c(C)cccc3Br)c1CC2. The van der Waals surface area contributed by atoms with Crippen LogP contribution in [0.3, 0.4) is 0 Å². The number of aromatic nitrogens is 3. The summed E-state index contributed by atoms with van der Waals surface area (Å²) in [7, 11) is 3.83. The van der Waals surface area contributed by atoms with Crippen LogP contribution in [0.5, 0.6) is 5.75 Å². The molecule has 2 aromatic carbocycles. The topological polar surface area (TPSA) is 87.6 Å². The zero-order valence-corrected chi connectivity index (χ0v) is 24.5. The minimum Gasteiger partial charge on any atom is -0.494 e. The predicted molar refractivity (Wildman–Crippen MR) is 162 cm³/mol. The first-order valence-electron chi connectivity index (χ1n) is 13.4. The summed E-state index contributed by atoms with van der Waals surface area (Å²) in [6.45, 7) is 6.04. The van der Waals surface area contributed by atoms with Gasteiger partial charge in [0.1, 0.15) is 11.6 Å². The third-order valence-electron chi connectivity index (χ3n) is 7.70. The minimum absolute atomic E-state index is 0.134. The number of halogens is 1. The Kier molecular flexibility index (Phi) is 7.20. The minimum atomic E-state index is -0.134. The van der Waals surface area contributed by atoms with Gasteiger partial charge < -0.3 is 29.7 Å². The number of amides is 1. The molecular weight excluding hydrogens is 570 g/mol. The quantitative estimate of drug-likeness (QED) is 0.314. The molecule has 0 saturated carbocycles. The number of nitrogens with one attached hydrogen (secondary N) is 2. The van der Waals surface area contributed by atoms with Crippen LogP contribution in [0, 0.1) is 6.92 Å². The predicted octanol–water partition coefficient (Wildman–Crippen LogP) is 5.19. The van der Waals surface area contributed by atoms with Crippen molar-refractivity contribution < 1.29 is 9.53 Å².